The highest BCUT2D eigenvalue weighted by atomic mass is 16.2. The zero-order valence-corrected chi connectivity index (χ0v) is 12.8. The number of fused-ring (bicyclic) bond motifs is 1. The maximum atomic E-state index is 12.1. The molecule has 3 rings (SSSR count). The number of carbonyl (C=O) groups is 2. The fourth-order valence-corrected chi connectivity index (χ4v) is 2.35. The Morgan fingerprint density at radius 3 is 2.65 bits per heavy atom. The number of aromatic nitrogens is 2. The molecule has 0 bridgehead atoms. The van der Waals surface area contributed by atoms with Gasteiger partial charge in [-0.1, -0.05) is 29.8 Å². The van der Waals surface area contributed by atoms with Gasteiger partial charge >= 0.3 is 0 Å². The number of aromatic amines is 1. The van der Waals surface area contributed by atoms with Crippen LogP contribution in [0, 0.1) is 6.92 Å². The molecule has 2 N–H and O–H groups in total. The third-order valence-corrected chi connectivity index (χ3v) is 3.68. The van der Waals surface area contributed by atoms with Crippen LogP contribution in [0.15, 0.2) is 48.7 Å². The zero-order valence-electron chi connectivity index (χ0n) is 12.8. The maximum absolute atomic E-state index is 12.1. The number of nitrogens with zero attached hydrogens (tertiary/aromatic N) is 1. The van der Waals surface area contributed by atoms with Gasteiger partial charge in [0.15, 0.2) is 5.78 Å². The normalized spacial score (nSPS) is 10.7. The summed E-state index contributed by atoms with van der Waals surface area (Å²) in [6.07, 6.45) is 2.06. The number of H-pyrrole nitrogens is 1. The Balaban J connectivity index is 1.56. The fourth-order valence-electron chi connectivity index (χ4n) is 2.35. The Bertz CT molecular complexity index is 850. The van der Waals surface area contributed by atoms with Gasteiger partial charge in [0.05, 0.1) is 11.7 Å². The molecule has 0 aliphatic carbocycles. The Hall–Kier alpha value is -2.95. The lowest BCUT2D eigenvalue weighted by Gasteiger charge is -2.05. The number of hydrogen-bond donors (Lipinski definition) is 2. The van der Waals surface area contributed by atoms with Crippen LogP contribution < -0.4 is 5.32 Å². The average molecular weight is 307 g/mol. The van der Waals surface area contributed by atoms with E-state index in [9.17, 15) is 9.59 Å². The van der Waals surface area contributed by atoms with Crippen LogP contribution in [0.25, 0.3) is 10.9 Å². The van der Waals surface area contributed by atoms with Crippen molar-refractivity contribution >= 4 is 28.3 Å². The van der Waals surface area contributed by atoms with Crippen LogP contribution in [0.3, 0.4) is 0 Å². The van der Waals surface area contributed by atoms with Gasteiger partial charge in [-0.05, 0) is 25.1 Å². The van der Waals surface area contributed by atoms with Gasteiger partial charge in [0.2, 0.25) is 5.91 Å². The molecule has 2 aromatic carbocycles. The topological polar surface area (TPSA) is 74.8 Å². The number of ketones is 1. The highest BCUT2D eigenvalue weighted by Gasteiger charge is 2.10. The molecule has 0 spiro atoms. The second kappa shape index (κ2) is 6.44. The molecule has 116 valence electrons. The zero-order chi connectivity index (χ0) is 16.2. The number of aryl methyl sites for hydroxylation is 1. The number of carbonyl (C=O) groups excluding carboxylic acids is 2. The van der Waals surface area contributed by atoms with Crippen LogP contribution in [-0.2, 0) is 4.79 Å². The van der Waals surface area contributed by atoms with Gasteiger partial charge < -0.3 is 5.32 Å². The maximum Gasteiger partial charge on any atom is 0.224 e. The van der Waals surface area contributed by atoms with Crippen molar-refractivity contribution in [3.05, 3.63) is 59.8 Å². The molecule has 1 amide bonds. The highest BCUT2D eigenvalue weighted by molar-refractivity contribution is 6.00. The molecule has 23 heavy (non-hydrogen) atoms. The molecule has 0 radical (unpaired) electrons. The number of benzene rings is 2. The van der Waals surface area contributed by atoms with Crippen molar-refractivity contribution in [1.29, 1.82) is 0 Å². The van der Waals surface area contributed by atoms with Gasteiger partial charge in [-0.2, -0.15) is 5.10 Å². The summed E-state index contributed by atoms with van der Waals surface area (Å²) in [6, 6.07) is 12.9. The van der Waals surface area contributed by atoms with E-state index < -0.39 is 0 Å². The van der Waals surface area contributed by atoms with Crippen LogP contribution in [0.2, 0.25) is 0 Å². The van der Waals surface area contributed by atoms with E-state index in [4.69, 9.17) is 0 Å². The minimum Gasteiger partial charge on any atom is -0.326 e. The van der Waals surface area contributed by atoms with Crippen molar-refractivity contribution in [3.8, 4) is 0 Å². The summed E-state index contributed by atoms with van der Waals surface area (Å²) in [5, 5.41) is 10.5. The summed E-state index contributed by atoms with van der Waals surface area (Å²) >= 11 is 0. The standard InChI is InChI=1S/C18H17N3O2/c1-12-2-4-13(5-3-12)17(22)8-9-18(23)20-15-6-7-16-14(10-15)11-19-21-16/h2-7,10-11H,8-9H2,1H3,(H,19,21)(H,20,23). The van der Waals surface area contributed by atoms with E-state index in [1.54, 1.807) is 24.4 Å². The molecule has 3 aromatic rings. The molecule has 5 heteroatoms. The molecule has 0 unspecified atom stereocenters. The third kappa shape index (κ3) is 3.63. The van der Waals surface area contributed by atoms with Crippen molar-refractivity contribution in [2.75, 3.05) is 5.32 Å². The fraction of sp³-hybridized carbons (Fsp3) is 0.167. The van der Waals surface area contributed by atoms with Crippen LogP contribution in [0.5, 0.6) is 0 Å². The van der Waals surface area contributed by atoms with Crippen molar-refractivity contribution < 1.29 is 9.59 Å². The average Bonchev–Trinajstić information content (AvgIpc) is 3.01. The van der Waals surface area contributed by atoms with Gasteiger partial charge in [-0.15, -0.1) is 0 Å². The molecule has 0 atom stereocenters. The first-order valence-corrected chi connectivity index (χ1v) is 7.45. The summed E-state index contributed by atoms with van der Waals surface area (Å²) in [6.45, 7) is 1.97. The predicted octanol–water partition coefficient (Wildman–Crippen LogP) is 3.47. The van der Waals surface area contributed by atoms with Crippen molar-refractivity contribution in [1.82, 2.24) is 10.2 Å². The van der Waals surface area contributed by atoms with E-state index in [1.165, 1.54) is 0 Å². The summed E-state index contributed by atoms with van der Waals surface area (Å²) in [5.41, 5.74) is 3.36. The van der Waals surface area contributed by atoms with E-state index in [2.05, 4.69) is 15.5 Å². The summed E-state index contributed by atoms with van der Waals surface area (Å²) in [7, 11) is 0. The quantitative estimate of drug-likeness (QED) is 0.709. The predicted molar refractivity (Wildman–Crippen MR) is 89.5 cm³/mol. The highest BCUT2D eigenvalue weighted by Crippen LogP contribution is 2.17. The molecular weight excluding hydrogens is 290 g/mol. The Labute approximate surface area is 133 Å². The second-order valence-corrected chi connectivity index (χ2v) is 5.51. The SMILES string of the molecule is Cc1ccc(C(=O)CCC(=O)Nc2ccc3[nH]ncc3c2)cc1. The number of rotatable bonds is 5. The Kier molecular flexibility index (Phi) is 4.19. The van der Waals surface area contributed by atoms with Crippen molar-refractivity contribution in [3.63, 3.8) is 0 Å². The molecule has 1 aromatic heterocycles. The van der Waals surface area contributed by atoms with Gasteiger partial charge in [-0.25, -0.2) is 0 Å². The largest absolute Gasteiger partial charge is 0.326 e. The van der Waals surface area contributed by atoms with Gasteiger partial charge in [0.25, 0.3) is 0 Å². The third-order valence-electron chi connectivity index (χ3n) is 3.68. The van der Waals surface area contributed by atoms with E-state index in [0.717, 1.165) is 16.5 Å². The van der Waals surface area contributed by atoms with Crippen molar-refractivity contribution in [2.24, 2.45) is 0 Å². The molecule has 1 heterocycles. The first kappa shape index (κ1) is 15.0. The number of amides is 1. The minimum atomic E-state index is -0.173. The van der Waals surface area contributed by atoms with Crippen LogP contribution in [0.1, 0.15) is 28.8 Å². The van der Waals surface area contributed by atoms with E-state index in [1.807, 2.05) is 31.2 Å². The van der Waals surface area contributed by atoms with E-state index in [0.29, 0.717) is 11.3 Å². The number of hydrogen-bond acceptors (Lipinski definition) is 3. The molecular formula is C18H17N3O2. The first-order chi connectivity index (χ1) is 11.1. The van der Waals surface area contributed by atoms with E-state index >= 15 is 0 Å². The Morgan fingerprint density at radius 2 is 1.87 bits per heavy atom. The summed E-state index contributed by atoms with van der Waals surface area (Å²) in [4.78, 5) is 24.1. The monoisotopic (exact) mass is 307 g/mol. The van der Waals surface area contributed by atoms with Gasteiger partial charge in [0.1, 0.15) is 0 Å². The molecule has 0 saturated carbocycles. The van der Waals surface area contributed by atoms with Gasteiger partial charge in [-0.3, -0.25) is 14.7 Å². The molecule has 5 nitrogen and oxygen atoms in total. The lowest BCUT2D eigenvalue weighted by Crippen LogP contribution is -2.13. The molecule has 0 fully saturated rings. The van der Waals surface area contributed by atoms with Crippen molar-refractivity contribution in [2.45, 2.75) is 19.8 Å². The second-order valence-electron chi connectivity index (χ2n) is 5.51. The lowest BCUT2D eigenvalue weighted by atomic mass is 10.0. The number of nitrogens with one attached hydrogen (secondary N) is 2. The van der Waals surface area contributed by atoms with E-state index in [-0.39, 0.29) is 24.5 Å². The Morgan fingerprint density at radius 1 is 1.09 bits per heavy atom. The first-order valence-electron chi connectivity index (χ1n) is 7.45. The molecule has 0 aliphatic heterocycles. The minimum absolute atomic E-state index is 0.0227. The molecule has 0 saturated heterocycles. The van der Waals surface area contributed by atoms with Crippen LogP contribution in [-0.4, -0.2) is 21.9 Å². The smallest absolute Gasteiger partial charge is 0.224 e. The number of anilines is 1. The summed E-state index contributed by atoms with van der Waals surface area (Å²) < 4.78 is 0. The molecule has 0 aliphatic rings. The van der Waals surface area contributed by atoms with Gasteiger partial charge in [0, 0.05) is 29.5 Å². The van der Waals surface area contributed by atoms with Crippen LogP contribution in [0.4, 0.5) is 5.69 Å². The lowest BCUT2D eigenvalue weighted by molar-refractivity contribution is -0.116. The number of Topliss-reactive ketones (excluding diaryl/α,β-unsaturated/α-hetero) is 1. The van der Waals surface area contributed by atoms with Crippen LogP contribution >= 0.6 is 0 Å². The summed E-state index contributed by atoms with van der Waals surface area (Å²) in [5.74, 6) is -0.196.